The highest BCUT2D eigenvalue weighted by Crippen LogP contribution is 1.99. The summed E-state index contributed by atoms with van der Waals surface area (Å²) in [5, 5.41) is 0. The van der Waals surface area contributed by atoms with Crippen LogP contribution in [0.3, 0.4) is 0 Å². The lowest BCUT2D eigenvalue weighted by Crippen LogP contribution is -2.13. The van der Waals surface area contributed by atoms with Gasteiger partial charge in [-0.1, -0.05) is 11.9 Å². The van der Waals surface area contributed by atoms with E-state index < -0.39 is 0 Å². The Balaban J connectivity index is 3.08. The average Bonchev–Trinajstić information content (AvgIpc) is 2.09. The van der Waals surface area contributed by atoms with E-state index in [4.69, 9.17) is 10.5 Å². The summed E-state index contributed by atoms with van der Waals surface area (Å²) in [5.41, 5.74) is 5.16. The van der Waals surface area contributed by atoms with Crippen LogP contribution in [-0.2, 0) is 9.53 Å². The second-order valence-electron chi connectivity index (χ2n) is 2.17. The van der Waals surface area contributed by atoms with Crippen molar-refractivity contribution in [3.63, 3.8) is 0 Å². The van der Waals surface area contributed by atoms with Crippen LogP contribution in [0.4, 0.5) is 0 Å². The summed E-state index contributed by atoms with van der Waals surface area (Å²) >= 11 is 1.59. The maximum Gasteiger partial charge on any atom is 0.305 e. The Bertz CT molecular complexity index is 122. The zero-order valence-corrected chi connectivity index (χ0v) is 8.15. The fourth-order valence-corrected chi connectivity index (χ4v) is 1.13. The third-order valence-electron chi connectivity index (χ3n) is 1.15. The highest BCUT2D eigenvalue weighted by molar-refractivity contribution is 7.97. The maximum absolute atomic E-state index is 10.9. The summed E-state index contributed by atoms with van der Waals surface area (Å²) in [6.07, 6.45) is 1.32. The van der Waals surface area contributed by atoms with E-state index in [-0.39, 0.29) is 5.97 Å². The lowest BCUT2D eigenvalue weighted by atomic mass is 10.3. The smallest absolute Gasteiger partial charge is 0.305 e. The Morgan fingerprint density at radius 3 is 3.00 bits per heavy atom. The third kappa shape index (κ3) is 7.84. The molecule has 0 fully saturated rings. The van der Waals surface area contributed by atoms with Crippen molar-refractivity contribution < 1.29 is 9.53 Å². The molecule has 0 rings (SSSR count). The van der Waals surface area contributed by atoms with E-state index in [2.05, 4.69) is 4.72 Å². The molecule has 4 nitrogen and oxygen atoms in total. The van der Waals surface area contributed by atoms with Crippen LogP contribution in [0.15, 0.2) is 0 Å². The fraction of sp³-hybridized carbons (Fsp3) is 0.857. The molecule has 0 amide bonds. The van der Waals surface area contributed by atoms with Crippen molar-refractivity contribution in [3.8, 4) is 0 Å². The summed E-state index contributed by atoms with van der Waals surface area (Å²) in [5.74, 6) is 0.769. The van der Waals surface area contributed by atoms with Crippen LogP contribution in [-0.4, -0.2) is 31.9 Å². The Labute approximate surface area is 77.4 Å². The third-order valence-corrected chi connectivity index (χ3v) is 1.93. The molecule has 0 aliphatic carbocycles. The number of carbonyl (C=O) groups is 1. The molecule has 0 spiro atoms. The first kappa shape index (κ1) is 11.7. The molecule has 0 aliphatic heterocycles. The summed E-state index contributed by atoms with van der Waals surface area (Å²) < 4.78 is 7.71. The minimum Gasteiger partial charge on any atom is -0.464 e. The number of ether oxygens (including phenoxy) is 1. The molecular formula is C7H16N2O2S. The first-order valence-corrected chi connectivity index (χ1v) is 4.94. The van der Waals surface area contributed by atoms with Gasteiger partial charge in [-0.25, -0.2) is 0 Å². The van der Waals surface area contributed by atoms with Crippen LogP contribution < -0.4 is 10.5 Å². The lowest BCUT2D eigenvalue weighted by molar-refractivity contribution is -0.143. The number of rotatable bonds is 7. The van der Waals surface area contributed by atoms with Crippen molar-refractivity contribution >= 4 is 17.9 Å². The molecule has 0 aromatic carbocycles. The molecule has 0 bridgehead atoms. The van der Waals surface area contributed by atoms with Gasteiger partial charge in [0.15, 0.2) is 0 Å². The summed E-state index contributed by atoms with van der Waals surface area (Å²) in [7, 11) is 1.86. The summed E-state index contributed by atoms with van der Waals surface area (Å²) in [6.45, 7) is 0.731. The molecule has 0 heterocycles. The van der Waals surface area contributed by atoms with E-state index in [1.807, 2.05) is 7.05 Å². The van der Waals surface area contributed by atoms with Gasteiger partial charge in [0.05, 0.1) is 0 Å². The van der Waals surface area contributed by atoms with Crippen LogP contribution in [0.2, 0.25) is 0 Å². The number of nitrogens with one attached hydrogen (secondary N) is 1. The van der Waals surface area contributed by atoms with Gasteiger partial charge in [0.1, 0.15) is 6.61 Å². The minimum atomic E-state index is -0.155. The predicted octanol–water partition coefficient (Wildman–Crippen LogP) is 0.136. The Morgan fingerprint density at radius 2 is 2.42 bits per heavy atom. The van der Waals surface area contributed by atoms with Gasteiger partial charge >= 0.3 is 5.97 Å². The largest absolute Gasteiger partial charge is 0.464 e. The number of nitrogens with two attached hydrogens (primary N) is 1. The number of hydrogen-bond donors (Lipinski definition) is 2. The monoisotopic (exact) mass is 192 g/mol. The zero-order chi connectivity index (χ0) is 9.23. The van der Waals surface area contributed by atoms with Crippen LogP contribution >= 0.6 is 11.9 Å². The Morgan fingerprint density at radius 1 is 1.67 bits per heavy atom. The molecule has 3 N–H and O–H groups in total. The second-order valence-corrected chi connectivity index (χ2v) is 3.27. The van der Waals surface area contributed by atoms with E-state index in [0.29, 0.717) is 19.6 Å². The first-order chi connectivity index (χ1) is 5.81. The molecule has 72 valence electrons. The van der Waals surface area contributed by atoms with Crippen molar-refractivity contribution in [3.05, 3.63) is 0 Å². The van der Waals surface area contributed by atoms with Gasteiger partial charge in [0, 0.05) is 18.7 Å². The quantitative estimate of drug-likeness (QED) is 0.341. The number of carbonyl (C=O) groups excluding carboxylic acids is 1. The number of hydrogen-bond acceptors (Lipinski definition) is 5. The van der Waals surface area contributed by atoms with Gasteiger partial charge in [0.2, 0.25) is 0 Å². The van der Waals surface area contributed by atoms with Crippen molar-refractivity contribution in [2.75, 3.05) is 26.0 Å². The normalized spacial score (nSPS) is 9.83. The Kier molecular flexibility index (Phi) is 8.64. The standard InChI is InChI=1S/C7H16N2O2S/c1-9-12-6-2-3-7(10)11-5-4-8/h9H,2-6,8H2,1H3. The molecule has 0 radical (unpaired) electrons. The first-order valence-electron chi connectivity index (χ1n) is 3.95. The van der Waals surface area contributed by atoms with Gasteiger partial charge < -0.3 is 10.5 Å². The van der Waals surface area contributed by atoms with E-state index in [1.54, 1.807) is 11.9 Å². The zero-order valence-electron chi connectivity index (χ0n) is 7.34. The van der Waals surface area contributed by atoms with E-state index in [1.165, 1.54) is 0 Å². The van der Waals surface area contributed by atoms with Crippen LogP contribution in [0, 0.1) is 0 Å². The van der Waals surface area contributed by atoms with Crippen molar-refractivity contribution in [1.29, 1.82) is 0 Å². The van der Waals surface area contributed by atoms with Crippen LogP contribution in [0.5, 0.6) is 0 Å². The molecule has 0 aromatic heterocycles. The SMILES string of the molecule is CNSCCCC(=O)OCCN. The van der Waals surface area contributed by atoms with E-state index in [0.717, 1.165) is 12.2 Å². The van der Waals surface area contributed by atoms with Gasteiger partial charge in [-0.15, -0.1) is 0 Å². The van der Waals surface area contributed by atoms with Crippen LogP contribution in [0.25, 0.3) is 0 Å². The topological polar surface area (TPSA) is 64.3 Å². The predicted molar refractivity (Wildman–Crippen MR) is 50.8 cm³/mol. The van der Waals surface area contributed by atoms with Crippen molar-refractivity contribution in [1.82, 2.24) is 4.72 Å². The molecule has 0 aliphatic rings. The highest BCUT2D eigenvalue weighted by Gasteiger charge is 2.00. The molecule has 0 saturated carbocycles. The molecule has 0 atom stereocenters. The summed E-state index contributed by atoms with van der Waals surface area (Å²) in [6, 6.07) is 0. The molecule has 5 heteroatoms. The summed E-state index contributed by atoms with van der Waals surface area (Å²) in [4.78, 5) is 10.9. The fourth-order valence-electron chi connectivity index (χ4n) is 0.636. The Hall–Kier alpha value is -0.260. The van der Waals surface area contributed by atoms with Gasteiger partial charge in [-0.3, -0.25) is 9.52 Å². The molecule has 12 heavy (non-hydrogen) atoms. The average molecular weight is 192 g/mol. The van der Waals surface area contributed by atoms with Gasteiger partial charge in [0.25, 0.3) is 0 Å². The van der Waals surface area contributed by atoms with Crippen LogP contribution in [0.1, 0.15) is 12.8 Å². The second kappa shape index (κ2) is 8.83. The molecule has 0 unspecified atom stereocenters. The number of esters is 1. The van der Waals surface area contributed by atoms with E-state index in [9.17, 15) is 4.79 Å². The molecule has 0 saturated heterocycles. The lowest BCUT2D eigenvalue weighted by Gasteiger charge is -2.01. The van der Waals surface area contributed by atoms with Gasteiger partial charge in [-0.05, 0) is 13.5 Å². The van der Waals surface area contributed by atoms with Gasteiger partial charge in [-0.2, -0.15) is 0 Å². The van der Waals surface area contributed by atoms with E-state index >= 15 is 0 Å². The maximum atomic E-state index is 10.9. The highest BCUT2D eigenvalue weighted by atomic mass is 32.2. The minimum absolute atomic E-state index is 0.155. The molecular weight excluding hydrogens is 176 g/mol. The van der Waals surface area contributed by atoms with Crippen molar-refractivity contribution in [2.24, 2.45) is 5.73 Å². The van der Waals surface area contributed by atoms with Crippen molar-refractivity contribution in [2.45, 2.75) is 12.8 Å². The molecule has 0 aromatic rings.